The molecule has 2 heteroatoms. The van der Waals surface area contributed by atoms with Gasteiger partial charge < -0.3 is 0 Å². The third kappa shape index (κ3) is 5.55. The fourth-order valence-electron chi connectivity index (χ4n) is 3.59. The van der Waals surface area contributed by atoms with Gasteiger partial charge in [0.05, 0.1) is 29.7 Å². The summed E-state index contributed by atoms with van der Waals surface area (Å²) in [5.41, 5.74) is 2.50. The van der Waals surface area contributed by atoms with Gasteiger partial charge in [-0.3, -0.25) is 0 Å². The second-order valence-corrected chi connectivity index (χ2v) is 11.6. The van der Waals surface area contributed by atoms with Crippen molar-refractivity contribution in [3.8, 4) is 0 Å². The number of para-hydroxylation sites is 1. The first-order chi connectivity index (χ1) is 11.7. The highest BCUT2D eigenvalue weighted by Gasteiger charge is 2.36. The molecule has 0 amide bonds. The lowest BCUT2D eigenvalue weighted by molar-refractivity contribution is 0.830. The summed E-state index contributed by atoms with van der Waals surface area (Å²) in [7, 11) is -0.908. The summed E-state index contributed by atoms with van der Waals surface area (Å²) in [6.07, 6.45) is 13.8. The van der Waals surface area contributed by atoms with Gasteiger partial charge in [-0.1, -0.05) is 64.3 Å². The average molecular weight is 345 g/mol. The number of fused-ring (bicyclic) bond motifs is 1. The van der Waals surface area contributed by atoms with Crippen LogP contribution in [0.3, 0.4) is 0 Å². The Hall–Kier alpha value is -0.940. The summed E-state index contributed by atoms with van der Waals surface area (Å²) in [4.78, 5) is 5.01. The Bertz CT molecular complexity index is 586. The predicted octanol–water partition coefficient (Wildman–Crippen LogP) is 7.15. The molecule has 0 bridgehead atoms. The smallest absolute Gasteiger partial charge is 0.101 e. The van der Waals surface area contributed by atoms with E-state index in [0.717, 1.165) is 5.52 Å². The SMILES string of the molecule is CCCC[P+](CCCC)(CCCC)Cc1ccc2ccccc2n1. The van der Waals surface area contributed by atoms with E-state index in [-0.39, 0.29) is 0 Å². The van der Waals surface area contributed by atoms with Gasteiger partial charge in [0.1, 0.15) is 6.16 Å². The summed E-state index contributed by atoms with van der Waals surface area (Å²) >= 11 is 0. The summed E-state index contributed by atoms with van der Waals surface area (Å²) in [5, 5.41) is 1.26. The molecule has 1 aromatic carbocycles. The van der Waals surface area contributed by atoms with Gasteiger partial charge in [0.15, 0.2) is 0 Å². The normalized spacial score (nSPS) is 12.0. The van der Waals surface area contributed by atoms with Crippen LogP contribution in [0.5, 0.6) is 0 Å². The molecule has 0 aliphatic rings. The van der Waals surface area contributed by atoms with E-state index in [1.165, 1.54) is 74.3 Å². The molecule has 0 aliphatic carbocycles. The van der Waals surface area contributed by atoms with E-state index in [2.05, 4.69) is 57.2 Å². The van der Waals surface area contributed by atoms with Crippen LogP contribution in [0.15, 0.2) is 36.4 Å². The third-order valence-corrected chi connectivity index (χ3v) is 9.90. The highest BCUT2D eigenvalue weighted by Crippen LogP contribution is 2.63. The summed E-state index contributed by atoms with van der Waals surface area (Å²) < 4.78 is 0. The van der Waals surface area contributed by atoms with Gasteiger partial charge in [0.25, 0.3) is 0 Å². The molecule has 2 aromatic rings. The monoisotopic (exact) mass is 344 g/mol. The van der Waals surface area contributed by atoms with Gasteiger partial charge in [-0.05, 0) is 31.4 Å². The molecule has 0 fully saturated rings. The van der Waals surface area contributed by atoms with Crippen molar-refractivity contribution in [1.82, 2.24) is 4.98 Å². The summed E-state index contributed by atoms with van der Waals surface area (Å²) in [6, 6.07) is 13.1. The number of benzene rings is 1. The van der Waals surface area contributed by atoms with Crippen molar-refractivity contribution in [1.29, 1.82) is 0 Å². The van der Waals surface area contributed by atoms with Crippen LogP contribution >= 0.6 is 7.26 Å². The van der Waals surface area contributed by atoms with Gasteiger partial charge in [-0.15, -0.1) is 0 Å². The second-order valence-electron chi connectivity index (χ2n) is 7.23. The van der Waals surface area contributed by atoms with Crippen molar-refractivity contribution in [2.24, 2.45) is 0 Å². The number of aromatic nitrogens is 1. The number of rotatable bonds is 11. The Morgan fingerprint density at radius 1 is 0.750 bits per heavy atom. The minimum Gasteiger partial charge on any atom is -0.249 e. The number of nitrogens with zero attached hydrogens (tertiary/aromatic N) is 1. The van der Waals surface area contributed by atoms with Gasteiger partial charge in [0, 0.05) is 12.6 Å². The Balaban J connectivity index is 2.24. The topological polar surface area (TPSA) is 12.9 Å². The zero-order valence-corrected chi connectivity index (χ0v) is 16.8. The van der Waals surface area contributed by atoms with Crippen LogP contribution in [0.2, 0.25) is 0 Å². The van der Waals surface area contributed by atoms with Crippen LogP contribution in [0.25, 0.3) is 10.9 Å². The van der Waals surface area contributed by atoms with Gasteiger partial charge in [-0.2, -0.15) is 0 Å². The van der Waals surface area contributed by atoms with Crippen LogP contribution in [0.1, 0.15) is 65.0 Å². The van der Waals surface area contributed by atoms with Crippen molar-refractivity contribution in [3.63, 3.8) is 0 Å². The summed E-state index contributed by atoms with van der Waals surface area (Å²) in [5.74, 6) is 0. The molecule has 24 heavy (non-hydrogen) atoms. The summed E-state index contributed by atoms with van der Waals surface area (Å²) in [6.45, 7) is 7.01. The molecule has 0 atom stereocenters. The molecule has 0 N–H and O–H groups in total. The molecule has 0 spiro atoms. The van der Waals surface area contributed by atoms with E-state index < -0.39 is 7.26 Å². The highest BCUT2D eigenvalue weighted by atomic mass is 31.2. The molecule has 0 aliphatic heterocycles. The molecule has 0 radical (unpaired) electrons. The van der Waals surface area contributed by atoms with Crippen molar-refractivity contribution in [2.75, 3.05) is 18.5 Å². The third-order valence-electron chi connectivity index (χ3n) is 5.11. The number of hydrogen-bond donors (Lipinski definition) is 0. The largest absolute Gasteiger partial charge is 0.249 e. The van der Waals surface area contributed by atoms with Crippen LogP contribution in [-0.2, 0) is 6.16 Å². The maximum absolute atomic E-state index is 5.01. The molecule has 0 unspecified atom stereocenters. The molecule has 0 saturated carbocycles. The van der Waals surface area contributed by atoms with Gasteiger partial charge in [-0.25, -0.2) is 4.98 Å². The van der Waals surface area contributed by atoms with E-state index in [1.54, 1.807) is 0 Å². The second kappa shape index (κ2) is 10.1. The number of unbranched alkanes of at least 4 members (excludes halogenated alkanes) is 3. The lowest BCUT2D eigenvalue weighted by Crippen LogP contribution is -2.12. The Morgan fingerprint density at radius 3 is 1.92 bits per heavy atom. The Kier molecular flexibility index (Phi) is 8.19. The first-order valence-electron chi connectivity index (χ1n) is 9.93. The first kappa shape index (κ1) is 19.4. The van der Waals surface area contributed by atoms with Crippen molar-refractivity contribution < 1.29 is 0 Å². The van der Waals surface area contributed by atoms with Crippen molar-refractivity contribution >= 4 is 18.2 Å². The van der Waals surface area contributed by atoms with Crippen LogP contribution in [0, 0.1) is 0 Å². The quantitative estimate of drug-likeness (QED) is 0.394. The molecule has 1 nitrogen and oxygen atoms in total. The Labute approximate surface area is 149 Å². The minimum atomic E-state index is -0.908. The zero-order valence-electron chi connectivity index (χ0n) is 15.9. The molecule has 132 valence electrons. The molecule has 1 heterocycles. The fourth-order valence-corrected chi connectivity index (χ4v) is 8.56. The maximum atomic E-state index is 5.01. The molecule has 1 aromatic heterocycles. The molecular weight excluding hydrogens is 309 g/mol. The van der Waals surface area contributed by atoms with Gasteiger partial charge in [0.2, 0.25) is 0 Å². The van der Waals surface area contributed by atoms with Crippen molar-refractivity contribution in [3.05, 3.63) is 42.1 Å². The first-order valence-corrected chi connectivity index (χ1v) is 12.5. The predicted molar refractivity (Wildman–Crippen MR) is 112 cm³/mol. The van der Waals surface area contributed by atoms with Crippen LogP contribution < -0.4 is 0 Å². The molecule has 2 rings (SSSR count). The van der Waals surface area contributed by atoms with E-state index in [1.807, 2.05) is 0 Å². The van der Waals surface area contributed by atoms with E-state index in [9.17, 15) is 0 Å². The van der Waals surface area contributed by atoms with E-state index in [0.29, 0.717) is 0 Å². The molecular formula is C22H35NP+. The lowest BCUT2D eigenvalue weighted by Gasteiger charge is -2.28. The van der Waals surface area contributed by atoms with Crippen molar-refractivity contribution in [2.45, 2.75) is 65.5 Å². The van der Waals surface area contributed by atoms with E-state index in [4.69, 9.17) is 4.98 Å². The number of hydrogen-bond acceptors (Lipinski definition) is 1. The maximum Gasteiger partial charge on any atom is 0.101 e. The molecule has 0 saturated heterocycles. The Morgan fingerprint density at radius 2 is 1.33 bits per heavy atom. The minimum absolute atomic E-state index is 0.908. The van der Waals surface area contributed by atoms with Gasteiger partial charge >= 0.3 is 0 Å². The highest BCUT2D eigenvalue weighted by molar-refractivity contribution is 7.75. The van der Waals surface area contributed by atoms with Crippen LogP contribution in [-0.4, -0.2) is 23.5 Å². The van der Waals surface area contributed by atoms with Crippen LogP contribution in [0.4, 0.5) is 0 Å². The number of pyridine rings is 1. The lowest BCUT2D eigenvalue weighted by atomic mass is 10.2. The van der Waals surface area contributed by atoms with E-state index >= 15 is 0 Å². The standard InChI is InChI=1S/C22H35NP/c1-4-7-16-24(17-8-5-2,18-9-6-3)19-21-15-14-20-12-10-11-13-22(20)23-21/h10-15H,4-9,16-19H2,1-3H3/q+1. The zero-order chi connectivity index (χ0) is 17.3. The fraction of sp³-hybridized carbons (Fsp3) is 0.591. The average Bonchev–Trinajstić information content (AvgIpc) is 2.62.